The molecule has 8 heteroatoms. The summed E-state index contributed by atoms with van der Waals surface area (Å²) in [4.78, 5) is 18.1. The van der Waals surface area contributed by atoms with Crippen LogP contribution in [0.3, 0.4) is 0 Å². The molecule has 1 aromatic heterocycles. The van der Waals surface area contributed by atoms with E-state index in [9.17, 15) is 10.1 Å². The highest BCUT2D eigenvalue weighted by atomic mass is 16.6. The van der Waals surface area contributed by atoms with Crippen LogP contribution in [0.5, 0.6) is 0 Å². The van der Waals surface area contributed by atoms with Crippen LogP contribution in [-0.4, -0.2) is 21.4 Å². The minimum atomic E-state index is -0.546. The number of nitrogens with zero attached hydrogens (tertiary/aromatic N) is 3. The average molecular weight is 252 g/mol. The Morgan fingerprint density at radius 1 is 1.56 bits per heavy atom. The number of hydrazine groups is 1. The molecule has 1 atom stereocenters. The van der Waals surface area contributed by atoms with E-state index < -0.39 is 4.92 Å². The number of hydrogen-bond donors (Lipinski definition) is 3. The fraction of sp³-hybridized carbons (Fsp3) is 0.600. The monoisotopic (exact) mass is 252 g/mol. The Balaban J connectivity index is 2.14. The van der Waals surface area contributed by atoms with Gasteiger partial charge >= 0.3 is 5.69 Å². The number of aromatic nitrogens is 2. The van der Waals surface area contributed by atoms with Crippen molar-refractivity contribution in [3.8, 4) is 0 Å². The normalized spacial score (nSPS) is 20.3. The van der Waals surface area contributed by atoms with E-state index in [4.69, 9.17) is 5.84 Å². The Morgan fingerprint density at radius 2 is 2.17 bits per heavy atom. The maximum Gasteiger partial charge on any atom is 0.354 e. The van der Waals surface area contributed by atoms with Crippen molar-refractivity contribution in [2.45, 2.75) is 20.3 Å². The molecule has 0 radical (unpaired) electrons. The fourth-order valence-electron chi connectivity index (χ4n) is 1.93. The van der Waals surface area contributed by atoms with Gasteiger partial charge in [-0.1, -0.05) is 13.8 Å². The first kappa shape index (κ1) is 12.5. The van der Waals surface area contributed by atoms with Crippen molar-refractivity contribution >= 4 is 17.3 Å². The van der Waals surface area contributed by atoms with Crippen molar-refractivity contribution in [1.82, 2.24) is 9.97 Å². The third-order valence-electron chi connectivity index (χ3n) is 3.38. The quantitative estimate of drug-likeness (QED) is 0.408. The van der Waals surface area contributed by atoms with Crippen LogP contribution in [-0.2, 0) is 0 Å². The van der Waals surface area contributed by atoms with E-state index in [1.807, 2.05) is 0 Å². The highest BCUT2D eigenvalue weighted by Crippen LogP contribution is 2.51. The van der Waals surface area contributed by atoms with E-state index in [0.717, 1.165) is 6.42 Å². The van der Waals surface area contributed by atoms with Gasteiger partial charge in [-0.2, -0.15) is 0 Å². The predicted octanol–water partition coefficient (Wildman–Crippen LogP) is 1.13. The third-order valence-corrected chi connectivity index (χ3v) is 3.38. The number of nitrogens with two attached hydrogens (primary N) is 1. The van der Waals surface area contributed by atoms with Gasteiger partial charge in [-0.25, -0.2) is 15.8 Å². The van der Waals surface area contributed by atoms with E-state index in [0.29, 0.717) is 17.9 Å². The molecule has 98 valence electrons. The molecule has 1 aliphatic rings. The molecule has 0 spiro atoms. The molecule has 8 nitrogen and oxygen atoms in total. The standard InChI is InChI=1S/C10H16N6O2/c1-10(2)3-6(10)4-12-8-7(16(17)18)9(15-11)14-5-13-8/h5-6H,3-4,11H2,1-2H3,(H2,12,13,14,15). The maximum atomic E-state index is 11.0. The summed E-state index contributed by atoms with van der Waals surface area (Å²) >= 11 is 0. The lowest BCUT2D eigenvalue weighted by Gasteiger charge is -2.08. The van der Waals surface area contributed by atoms with Gasteiger partial charge in [0.15, 0.2) is 0 Å². The minimum Gasteiger partial charge on any atom is -0.364 e. The van der Waals surface area contributed by atoms with Gasteiger partial charge in [0, 0.05) is 6.54 Å². The van der Waals surface area contributed by atoms with Crippen molar-refractivity contribution in [3.05, 3.63) is 16.4 Å². The molecule has 1 fully saturated rings. The van der Waals surface area contributed by atoms with Crippen molar-refractivity contribution in [2.24, 2.45) is 17.2 Å². The summed E-state index contributed by atoms with van der Waals surface area (Å²) in [6.07, 6.45) is 2.35. The zero-order valence-electron chi connectivity index (χ0n) is 10.3. The van der Waals surface area contributed by atoms with E-state index in [1.165, 1.54) is 6.33 Å². The number of nitrogen functional groups attached to an aromatic ring is 1. The minimum absolute atomic E-state index is 0.00700. The first-order valence-corrected chi connectivity index (χ1v) is 5.65. The number of anilines is 2. The Morgan fingerprint density at radius 3 is 2.67 bits per heavy atom. The molecule has 1 aromatic rings. The molecule has 0 amide bonds. The van der Waals surface area contributed by atoms with Gasteiger partial charge in [-0.05, 0) is 17.8 Å². The summed E-state index contributed by atoms with van der Waals surface area (Å²) in [6, 6.07) is 0. The van der Waals surface area contributed by atoms with Crippen LogP contribution < -0.4 is 16.6 Å². The molecule has 1 heterocycles. The van der Waals surface area contributed by atoms with Crippen LogP contribution in [0.25, 0.3) is 0 Å². The number of hydrogen-bond acceptors (Lipinski definition) is 7. The van der Waals surface area contributed by atoms with E-state index >= 15 is 0 Å². The van der Waals surface area contributed by atoms with Crippen LogP contribution in [0, 0.1) is 21.4 Å². The zero-order chi connectivity index (χ0) is 13.3. The number of nitrogens with one attached hydrogen (secondary N) is 2. The Bertz CT molecular complexity index is 475. The van der Waals surface area contributed by atoms with Gasteiger partial charge in [-0.3, -0.25) is 10.1 Å². The smallest absolute Gasteiger partial charge is 0.354 e. The molecular formula is C10H16N6O2. The van der Waals surface area contributed by atoms with E-state index in [-0.39, 0.29) is 17.3 Å². The van der Waals surface area contributed by atoms with Gasteiger partial charge in [0.1, 0.15) is 6.33 Å². The Kier molecular flexibility index (Phi) is 3.04. The second-order valence-corrected chi connectivity index (χ2v) is 5.09. The van der Waals surface area contributed by atoms with Gasteiger partial charge < -0.3 is 10.7 Å². The first-order chi connectivity index (χ1) is 8.45. The van der Waals surface area contributed by atoms with Crippen molar-refractivity contribution in [2.75, 3.05) is 17.3 Å². The third kappa shape index (κ3) is 2.33. The predicted molar refractivity (Wildman–Crippen MR) is 66.9 cm³/mol. The first-order valence-electron chi connectivity index (χ1n) is 5.65. The summed E-state index contributed by atoms with van der Waals surface area (Å²) in [5, 5.41) is 14.0. The molecule has 1 unspecified atom stereocenters. The molecule has 2 rings (SSSR count). The summed E-state index contributed by atoms with van der Waals surface area (Å²) in [7, 11) is 0. The summed E-state index contributed by atoms with van der Waals surface area (Å²) in [5.74, 6) is 5.92. The Hall–Kier alpha value is -1.96. The zero-order valence-corrected chi connectivity index (χ0v) is 10.3. The Labute approximate surface area is 104 Å². The summed E-state index contributed by atoms with van der Waals surface area (Å²) in [6.45, 7) is 5.00. The van der Waals surface area contributed by atoms with Crippen LogP contribution in [0.15, 0.2) is 6.33 Å². The lowest BCUT2D eigenvalue weighted by molar-refractivity contribution is -0.383. The molecule has 4 N–H and O–H groups in total. The van der Waals surface area contributed by atoms with Gasteiger partial charge in [-0.15, -0.1) is 0 Å². The van der Waals surface area contributed by atoms with Crippen LogP contribution in [0.4, 0.5) is 17.3 Å². The second-order valence-electron chi connectivity index (χ2n) is 5.09. The fourth-order valence-corrected chi connectivity index (χ4v) is 1.93. The largest absolute Gasteiger partial charge is 0.364 e. The SMILES string of the molecule is CC1(C)CC1CNc1ncnc(NN)c1[N+](=O)[O-]. The molecule has 0 bridgehead atoms. The highest BCUT2D eigenvalue weighted by Gasteiger charge is 2.45. The topological polar surface area (TPSA) is 119 Å². The molecule has 1 saturated carbocycles. The van der Waals surface area contributed by atoms with Crippen molar-refractivity contribution < 1.29 is 4.92 Å². The van der Waals surface area contributed by atoms with E-state index in [1.54, 1.807) is 0 Å². The average Bonchev–Trinajstić information content (AvgIpc) is 2.93. The van der Waals surface area contributed by atoms with Crippen molar-refractivity contribution in [1.29, 1.82) is 0 Å². The molecule has 0 aromatic carbocycles. The van der Waals surface area contributed by atoms with Gasteiger partial charge in [0.25, 0.3) is 0 Å². The molecule has 18 heavy (non-hydrogen) atoms. The van der Waals surface area contributed by atoms with Crippen LogP contribution in [0.2, 0.25) is 0 Å². The maximum absolute atomic E-state index is 11.0. The van der Waals surface area contributed by atoms with Crippen LogP contribution >= 0.6 is 0 Å². The van der Waals surface area contributed by atoms with Crippen LogP contribution in [0.1, 0.15) is 20.3 Å². The van der Waals surface area contributed by atoms with Gasteiger partial charge in [0.2, 0.25) is 11.6 Å². The lowest BCUT2D eigenvalue weighted by Crippen LogP contribution is -2.15. The van der Waals surface area contributed by atoms with Crippen molar-refractivity contribution in [3.63, 3.8) is 0 Å². The second kappa shape index (κ2) is 4.37. The van der Waals surface area contributed by atoms with E-state index in [2.05, 4.69) is 34.6 Å². The molecule has 0 aliphatic heterocycles. The van der Waals surface area contributed by atoms with Gasteiger partial charge in [0.05, 0.1) is 4.92 Å². The highest BCUT2D eigenvalue weighted by molar-refractivity contribution is 5.68. The number of rotatable bonds is 5. The molecule has 1 aliphatic carbocycles. The molecular weight excluding hydrogens is 236 g/mol. The molecule has 0 saturated heterocycles. The summed E-state index contributed by atoms with van der Waals surface area (Å²) in [5.41, 5.74) is 2.29. The number of nitro groups is 1. The lowest BCUT2D eigenvalue weighted by atomic mass is 10.1. The summed E-state index contributed by atoms with van der Waals surface area (Å²) < 4.78 is 0.